The van der Waals surface area contributed by atoms with Gasteiger partial charge in [-0.25, -0.2) is 4.79 Å². The minimum absolute atomic E-state index is 0. The van der Waals surface area contributed by atoms with Gasteiger partial charge in [0.1, 0.15) is 0 Å². The molecule has 1 aromatic rings. The highest BCUT2D eigenvalue weighted by Gasteiger charge is 2.28. The van der Waals surface area contributed by atoms with E-state index in [9.17, 15) is 14.4 Å². The zero-order valence-electron chi connectivity index (χ0n) is 13.2. The lowest BCUT2D eigenvalue weighted by Crippen LogP contribution is -2.37. The molecule has 0 saturated carbocycles. The molecule has 8 heteroatoms. The van der Waals surface area contributed by atoms with Gasteiger partial charge >= 0.3 is 6.03 Å². The van der Waals surface area contributed by atoms with E-state index in [1.807, 2.05) is 0 Å². The summed E-state index contributed by atoms with van der Waals surface area (Å²) in [6, 6.07) is 6.94. The number of amides is 4. The van der Waals surface area contributed by atoms with Crippen LogP contribution in [-0.2, 0) is 11.3 Å². The summed E-state index contributed by atoms with van der Waals surface area (Å²) in [5.41, 5.74) is 1.38. The SMILES string of the molecule is Cl.O=C(NCC1CCCN1)c1ccc(CN2C(=O)CNC2=O)cc1. The summed E-state index contributed by atoms with van der Waals surface area (Å²) in [6.45, 7) is 1.91. The maximum Gasteiger partial charge on any atom is 0.324 e. The average Bonchev–Trinajstić information content (AvgIpc) is 3.18. The van der Waals surface area contributed by atoms with E-state index < -0.39 is 0 Å². The normalized spacial score (nSPS) is 19.8. The Morgan fingerprint density at radius 3 is 2.58 bits per heavy atom. The van der Waals surface area contributed by atoms with Crippen molar-refractivity contribution in [3.05, 3.63) is 35.4 Å². The Balaban J connectivity index is 0.00000208. The van der Waals surface area contributed by atoms with Gasteiger partial charge in [-0.15, -0.1) is 12.4 Å². The van der Waals surface area contributed by atoms with Crippen molar-refractivity contribution >= 4 is 30.3 Å². The molecular weight excluding hydrogens is 332 g/mol. The molecule has 0 aromatic heterocycles. The van der Waals surface area contributed by atoms with E-state index in [1.54, 1.807) is 24.3 Å². The second-order valence-electron chi connectivity index (χ2n) is 5.84. The van der Waals surface area contributed by atoms with Gasteiger partial charge in [0, 0.05) is 18.2 Å². The van der Waals surface area contributed by atoms with E-state index in [0.717, 1.165) is 24.9 Å². The van der Waals surface area contributed by atoms with Crippen LogP contribution < -0.4 is 16.0 Å². The molecule has 3 rings (SSSR count). The highest BCUT2D eigenvalue weighted by atomic mass is 35.5. The van der Waals surface area contributed by atoms with Crippen LogP contribution in [0.2, 0.25) is 0 Å². The summed E-state index contributed by atoms with van der Waals surface area (Å²) in [6.07, 6.45) is 2.24. The van der Waals surface area contributed by atoms with Gasteiger partial charge in [-0.3, -0.25) is 14.5 Å². The summed E-state index contributed by atoms with van der Waals surface area (Å²) >= 11 is 0. The summed E-state index contributed by atoms with van der Waals surface area (Å²) in [5.74, 6) is -0.346. The van der Waals surface area contributed by atoms with E-state index in [-0.39, 0.29) is 43.3 Å². The van der Waals surface area contributed by atoms with Gasteiger partial charge in [0.2, 0.25) is 5.91 Å². The van der Waals surface area contributed by atoms with Gasteiger partial charge in [-0.05, 0) is 37.1 Å². The van der Waals surface area contributed by atoms with E-state index >= 15 is 0 Å². The number of nitrogens with zero attached hydrogens (tertiary/aromatic N) is 1. The van der Waals surface area contributed by atoms with Crippen LogP contribution in [0.3, 0.4) is 0 Å². The number of urea groups is 1. The van der Waals surface area contributed by atoms with Crippen LogP contribution in [0.4, 0.5) is 4.79 Å². The number of rotatable bonds is 5. The van der Waals surface area contributed by atoms with E-state index in [1.165, 1.54) is 4.90 Å². The van der Waals surface area contributed by atoms with Crippen molar-refractivity contribution in [3.8, 4) is 0 Å². The Bertz CT molecular complexity index is 598. The van der Waals surface area contributed by atoms with Crippen LogP contribution in [0.25, 0.3) is 0 Å². The van der Waals surface area contributed by atoms with Crippen molar-refractivity contribution in [2.75, 3.05) is 19.6 Å². The largest absolute Gasteiger partial charge is 0.350 e. The second kappa shape index (κ2) is 8.12. The molecule has 2 heterocycles. The van der Waals surface area contributed by atoms with Crippen LogP contribution >= 0.6 is 12.4 Å². The maximum absolute atomic E-state index is 12.1. The topological polar surface area (TPSA) is 90.5 Å². The highest BCUT2D eigenvalue weighted by molar-refractivity contribution is 6.01. The standard InChI is InChI=1S/C16H20N4O3.ClH/c21-14-9-19-16(23)20(14)10-11-3-5-12(6-4-11)15(22)18-8-13-2-1-7-17-13;/h3-6,13,17H,1-2,7-10H2,(H,18,22)(H,19,23);1H. The molecule has 0 radical (unpaired) electrons. The number of imide groups is 1. The summed E-state index contributed by atoms with van der Waals surface area (Å²) in [7, 11) is 0. The number of nitrogens with one attached hydrogen (secondary N) is 3. The summed E-state index contributed by atoms with van der Waals surface area (Å²) in [5, 5.41) is 8.73. The first kappa shape index (κ1) is 18.2. The van der Waals surface area contributed by atoms with Crippen molar-refractivity contribution in [1.82, 2.24) is 20.9 Å². The van der Waals surface area contributed by atoms with E-state index in [0.29, 0.717) is 18.2 Å². The van der Waals surface area contributed by atoms with Crippen molar-refractivity contribution in [2.45, 2.75) is 25.4 Å². The van der Waals surface area contributed by atoms with Crippen molar-refractivity contribution < 1.29 is 14.4 Å². The van der Waals surface area contributed by atoms with Crippen LogP contribution in [0.1, 0.15) is 28.8 Å². The smallest absolute Gasteiger partial charge is 0.324 e. The molecule has 7 nitrogen and oxygen atoms in total. The molecule has 0 aliphatic carbocycles. The molecule has 4 amide bonds. The third-order valence-corrected chi connectivity index (χ3v) is 4.17. The fourth-order valence-corrected chi connectivity index (χ4v) is 2.81. The minimum atomic E-state index is -0.374. The van der Waals surface area contributed by atoms with Gasteiger partial charge in [0.15, 0.2) is 0 Å². The third-order valence-electron chi connectivity index (χ3n) is 4.17. The highest BCUT2D eigenvalue weighted by Crippen LogP contribution is 2.11. The van der Waals surface area contributed by atoms with Crippen LogP contribution in [-0.4, -0.2) is 48.4 Å². The lowest BCUT2D eigenvalue weighted by Gasteiger charge is -2.13. The Kier molecular flexibility index (Phi) is 6.16. The predicted octanol–water partition coefficient (Wildman–Crippen LogP) is 0.642. The number of benzene rings is 1. The van der Waals surface area contributed by atoms with Gasteiger partial charge in [-0.1, -0.05) is 12.1 Å². The number of carbonyl (C=O) groups excluding carboxylic acids is 3. The zero-order chi connectivity index (χ0) is 16.2. The van der Waals surface area contributed by atoms with Crippen molar-refractivity contribution in [1.29, 1.82) is 0 Å². The molecule has 1 unspecified atom stereocenters. The molecule has 2 fully saturated rings. The monoisotopic (exact) mass is 352 g/mol. The Labute approximate surface area is 146 Å². The van der Waals surface area contributed by atoms with E-state index in [2.05, 4.69) is 16.0 Å². The molecule has 0 bridgehead atoms. The van der Waals surface area contributed by atoms with Crippen LogP contribution in [0.15, 0.2) is 24.3 Å². The van der Waals surface area contributed by atoms with E-state index in [4.69, 9.17) is 0 Å². The lowest BCUT2D eigenvalue weighted by molar-refractivity contribution is -0.125. The number of hydrogen-bond donors (Lipinski definition) is 3. The third kappa shape index (κ3) is 4.24. The molecule has 3 N–H and O–H groups in total. The molecule has 1 atom stereocenters. The lowest BCUT2D eigenvalue weighted by atomic mass is 10.1. The van der Waals surface area contributed by atoms with Crippen LogP contribution in [0.5, 0.6) is 0 Å². The first-order valence-corrected chi connectivity index (χ1v) is 7.82. The minimum Gasteiger partial charge on any atom is -0.350 e. The predicted molar refractivity (Wildman–Crippen MR) is 91.0 cm³/mol. The first-order valence-electron chi connectivity index (χ1n) is 7.82. The molecule has 24 heavy (non-hydrogen) atoms. The molecule has 1 aromatic carbocycles. The maximum atomic E-state index is 12.1. The van der Waals surface area contributed by atoms with Crippen molar-refractivity contribution in [3.63, 3.8) is 0 Å². The quantitative estimate of drug-likeness (QED) is 0.678. The Morgan fingerprint density at radius 1 is 1.25 bits per heavy atom. The molecule has 2 aliphatic heterocycles. The van der Waals surface area contributed by atoms with Gasteiger partial charge < -0.3 is 16.0 Å². The molecule has 130 valence electrons. The molecule has 2 aliphatic rings. The summed E-state index contributed by atoms with van der Waals surface area (Å²) < 4.78 is 0. The Hall–Kier alpha value is -2.12. The Morgan fingerprint density at radius 2 is 2.00 bits per heavy atom. The average molecular weight is 353 g/mol. The van der Waals surface area contributed by atoms with Gasteiger partial charge in [-0.2, -0.15) is 0 Å². The van der Waals surface area contributed by atoms with Crippen LogP contribution in [0, 0.1) is 0 Å². The molecule has 2 saturated heterocycles. The van der Waals surface area contributed by atoms with Gasteiger partial charge in [0.05, 0.1) is 13.1 Å². The molecule has 0 spiro atoms. The fourth-order valence-electron chi connectivity index (χ4n) is 2.81. The second-order valence-corrected chi connectivity index (χ2v) is 5.84. The zero-order valence-corrected chi connectivity index (χ0v) is 14.0. The fraction of sp³-hybridized carbons (Fsp3) is 0.438. The molecular formula is C16H21ClN4O3. The number of halogens is 1. The number of hydrogen-bond acceptors (Lipinski definition) is 4. The summed E-state index contributed by atoms with van der Waals surface area (Å²) in [4.78, 5) is 36.3. The van der Waals surface area contributed by atoms with Gasteiger partial charge in [0.25, 0.3) is 5.91 Å². The van der Waals surface area contributed by atoms with Crippen molar-refractivity contribution in [2.24, 2.45) is 0 Å². The first-order chi connectivity index (χ1) is 11.1. The number of carbonyl (C=O) groups is 3.